The third kappa shape index (κ3) is 2.15. The number of hydrogen-bond donors (Lipinski definition) is 7. The average Bonchev–Trinajstić information content (AvgIpc) is 2.91. The Morgan fingerprint density at radius 3 is 2.68 bits per heavy atom. The Morgan fingerprint density at radius 1 is 1.47 bits per heavy atom. The zero-order chi connectivity index (χ0) is 14.2. The molecule has 4 atom stereocenters. The van der Waals surface area contributed by atoms with Gasteiger partial charge in [-0.15, -0.1) is 0 Å². The molecule has 1 aromatic rings. The number of hydrazine groups is 1. The van der Waals surface area contributed by atoms with Crippen molar-refractivity contribution < 1.29 is 24.9 Å². The van der Waals surface area contributed by atoms with Crippen molar-refractivity contribution in [2.75, 3.05) is 12.3 Å². The van der Waals surface area contributed by atoms with Gasteiger partial charge in [0.2, 0.25) is 0 Å². The summed E-state index contributed by atoms with van der Waals surface area (Å²) in [5.41, 5.74) is 7.53. The number of nitrogens with one attached hydrogen (secondary N) is 2. The van der Waals surface area contributed by atoms with Crippen molar-refractivity contribution in [3.05, 3.63) is 11.4 Å². The van der Waals surface area contributed by atoms with Gasteiger partial charge in [0.1, 0.15) is 24.4 Å². The van der Waals surface area contributed by atoms with Gasteiger partial charge in [-0.05, 0) is 0 Å². The quantitative estimate of drug-likeness (QED) is 0.170. The normalized spacial score (nSPS) is 30.5. The number of carbonyl (C=O) groups excluding carboxylic acids is 1. The minimum atomic E-state index is -1.30. The monoisotopic (exact) mass is 273 g/mol. The zero-order valence-corrected chi connectivity index (χ0v) is 9.78. The van der Waals surface area contributed by atoms with Gasteiger partial charge in [0.05, 0.1) is 18.0 Å². The lowest BCUT2D eigenvalue weighted by atomic mass is 10.0. The number of H-pyrrole nitrogens is 1. The van der Waals surface area contributed by atoms with Crippen LogP contribution in [0.2, 0.25) is 0 Å². The number of aromatic amines is 1. The number of nitrogens with zero attached hydrogens (tertiary/aromatic N) is 1. The minimum absolute atomic E-state index is 0.0437. The Labute approximate surface area is 107 Å². The van der Waals surface area contributed by atoms with Crippen LogP contribution >= 0.6 is 0 Å². The summed E-state index contributed by atoms with van der Waals surface area (Å²) < 4.78 is 5.26. The van der Waals surface area contributed by atoms with Crippen molar-refractivity contribution in [3.8, 4) is 0 Å². The van der Waals surface area contributed by atoms with Gasteiger partial charge in [-0.1, -0.05) is 0 Å². The maximum absolute atomic E-state index is 11.3. The summed E-state index contributed by atoms with van der Waals surface area (Å²) in [6.07, 6.45) is -4.51. The maximum atomic E-state index is 11.3. The van der Waals surface area contributed by atoms with Crippen molar-refractivity contribution in [2.45, 2.75) is 24.4 Å². The van der Waals surface area contributed by atoms with Gasteiger partial charge in [0.25, 0.3) is 5.91 Å². The van der Waals surface area contributed by atoms with Crippen molar-refractivity contribution in [3.63, 3.8) is 0 Å². The minimum Gasteiger partial charge on any atom is -0.395 e. The second-order valence-corrected chi connectivity index (χ2v) is 4.13. The molecule has 10 nitrogen and oxygen atoms in total. The third-order valence-electron chi connectivity index (χ3n) is 3.01. The topological polar surface area (TPSA) is 180 Å². The molecule has 19 heavy (non-hydrogen) atoms. The van der Waals surface area contributed by atoms with Crippen LogP contribution in [0.3, 0.4) is 0 Å². The highest BCUT2D eigenvalue weighted by atomic mass is 16.6. The van der Waals surface area contributed by atoms with Gasteiger partial charge in [-0.2, -0.15) is 5.10 Å². The standard InChI is InChI=1S/C9H15N5O5/c10-3-4(13-14-5(3)9(18)12-11)8-7(17)6(16)2(1-15)19-8/h2,6-8,15-17H,1,10-11H2,(H,12,18)(H,13,14)/t2-,6-,7-,8+/m1/s1. The predicted octanol–water partition coefficient (Wildman–Crippen LogP) is -3.25. The summed E-state index contributed by atoms with van der Waals surface area (Å²) in [6.45, 7) is -0.459. The average molecular weight is 273 g/mol. The molecule has 1 amide bonds. The van der Waals surface area contributed by atoms with E-state index in [0.29, 0.717) is 0 Å². The molecule has 1 aliphatic rings. The first-order valence-corrected chi connectivity index (χ1v) is 5.48. The fourth-order valence-electron chi connectivity index (χ4n) is 1.96. The fraction of sp³-hybridized carbons (Fsp3) is 0.556. The number of aliphatic hydroxyl groups is 3. The first-order valence-electron chi connectivity index (χ1n) is 5.48. The van der Waals surface area contributed by atoms with Gasteiger partial charge in [0.15, 0.2) is 5.69 Å². The number of aromatic nitrogens is 2. The summed E-state index contributed by atoms with van der Waals surface area (Å²) in [7, 11) is 0. The van der Waals surface area contributed by atoms with Crippen molar-refractivity contribution in [1.29, 1.82) is 0 Å². The highest BCUT2D eigenvalue weighted by Gasteiger charge is 2.45. The SMILES string of the molecule is NNC(=O)c1n[nH]c([C@@H]2O[C@H](CO)[C@@H](O)[C@H]2O)c1N. The molecule has 106 valence electrons. The predicted molar refractivity (Wildman–Crippen MR) is 61.4 cm³/mol. The lowest BCUT2D eigenvalue weighted by Gasteiger charge is -2.13. The fourth-order valence-corrected chi connectivity index (χ4v) is 1.96. The third-order valence-corrected chi connectivity index (χ3v) is 3.01. The summed E-state index contributed by atoms with van der Waals surface area (Å²) >= 11 is 0. The molecule has 1 aromatic heterocycles. The molecular weight excluding hydrogens is 258 g/mol. The van der Waals surface area contributed by atoms with Crippen LogP contribution < -0.4 is 17.0 Å². The molecule has 0 saturated carbocycles. The van der Waals surface area contributed by atoms with E-state index in [2.05, 4.69) is 10.2 Å². The van der Waals surface area contributed by atoms with E-state index in [1.165, 1.54) is 0 Å². The van der Waals surface area contributed by atoms with Gasteiger partial charge in [0, 0.05) is 0 Å². The maximum Gasteiger partial charge on any atom is 0.287 e. The first-order chi connectivity index (χ1) is 9.01. The van der Waals surface area contributed by atoms with Gasteiger partial charge >= 0.3 is 0 Å². The number of anilines is 1. The summed E-state index contributed by atoms with van der Waals surface area (Å²) in [5, 5.41) is 34.6. The highest BCUT2D eigenvalue weighted by molar-refractivity contribution is 5.97. The number of rotatable bonds is 3. The van der Waals surface area contributed by atoms with E-state index in [9.17, 15) is 15.0 Å². The van der Waals surface area contributed by atoms with Crippen LogP contribution in [-0.2, 0) is 4.74 Å². The molecule has 0 radical (unpaired) electrons. The largest absolute Gasteiger partial charge is 0.395 e. The van der Waals surface area contributed by atoms with Crippen LogP contribution in [0, 0.1) is 0 Å². The van der Waals surface area contributed by atoms with Gasteiger partial charge in [-0.25, -0.2) is 5.84 Å². The molecule has 0 unspecified atom stereocenters. The number of ether oxygens (including phenoxy) is 1. The van der Waals surface area contributed by atoms with Crippen molar-refractivity contribution >= 4 is 11.6 Å². The number of aliphatic hydroxyl groups excluding tert-OH is 3. The van der Waals surface area contributed by atoms with E-state index in [1.807, 2.05) is 5.43 Å². The molecule has 10 heteroatoms. The molecule has 1 aliphatic heterocycles. The van der Waals surface area contributed by atoms with E-state index < -0.39 is 36.9 Å². The molecule has 0 aliphatic carbocycles. The zero-order valence-electron chi connectivity index (χ0n) is 9.78. The van der Waals surface area contributed by atoms with E-state index >= 15 is 0 Å². The Bertz CT molecular complexity index is 478. The number of nitrogen functional groups attached to an aromatic ring is 2. The number of hydrogen-bond acceptors (Lipinski definition) is 8. The van der Waals surface area contributed by atoms with E-state index in [-0.39, 0.29) is 17.1 Å². The van der Waals surface area contributed by atoms with Crippen LogP contribution in [0.15, 0.2) is 0 Å². The summed E-state index contributed by atoms with van der Waals surface area (Å²) in [4.78, 5) is 11.3. The van der Waals surface area contributed by atoms with Crippen LogP contribution in [0.4, 0.5) is 5.69 Å². The lowest BCUT2D eigenvalue weighted by molar-refractivity contribution is -0.0237. The van der Waals surface area contributed by atoms with E-state index in [1.54, 1.807) is 0 Å². The van der Waals surface area contributed by atoms with Crippen LogP contribution in [-0.4, -0.2) is 56.3 Å². The summed E-state index contributed by atoms with van der Waals surface area (Å²) in [6, 6.07) is 0. The van der Waals surface area contributed by atoms with Crippen LogP contribution in [0.25, 0.3) is 0 Å². The molecule has 1 saturated heterocycles. The first kappa shape index (κ1) is 13.7. The Morgan fingerprint density at radius 2 is 2.16 bits per heavy atom. The molecule has 1 fully saturated rings. The Kier molecular flexibility index (Phi) is 3.68. The molecule has 0 bridgehead atoms. The second kappa shape index (κ2) is 5.11. The molecule has 0 spiro atoms. The second-order valence-electron chi connectivity index (χ2n) is 4.13. The van der Waals surface area contributed by atoms with Gasteiger partial charge < -0.3 is 25.8 Å². The number of nitrogens with two attached hydrogens (primary N) is 2. The highest BCUT2D eigenvalue weighted by Crippen LogP contribution is 2.35. The summed E-state index contributed by atoms with van der Waals surface area (Å²) in [5.74, 6) is 4.26. The lowest BCUT2D eigenvalue weighted by Crippen LogP contribution is -2.32. The van der Waals surface area contributed by atoms with Crippen LogP contribution in [0.1, 0.15) is 22.3 Å². The number of amides is 1. The van der Waals surface area contributed by atoms with Crippen LogP contribution in [0.5, 0.6) is 0 Å². The molecule has 0 aromatic carbocycles. The van der Waals surface area contributed by atoms with E-state index in [4.69, 9.17) is 21.4 Å². The molecule has 9 N–H and O–H groups in total. The van der Waals surface area contributed by atoms with E-state index in [0.717, 1.165) is 0 Å². The Balaban J connectivity index is 2.28. The number of carbonyl (C=O) groups is 1. The molecular formula is C9H15N5O5. The molecule has 2 heterocycles. The molecule has 2 rings (SSSR count). The van der Waals surface area contributed by atoms with Gasteiger partial charge in [-0.3, -0.25) is 15.3 Å². The van der Waals surface area contributed by atoms with Crippen molar-refractivity contribution in [2.24, 2.45) is 5.84 Å². The smallest absolute Gasteiger partial charge is 0.287 e. The van der Waals surface area contributed by atoms with Crippen molar-refractivity contribution in [1.82, 2.24) is 15.6 Å². The Hall–Kier alpha value is -1.72.